The topological polar surface area (TPSA) is 40.5 Å². The second-order valence-electron chi connectivity index (χ2n) is 4.21. The highest BCUT2D eigenvalue weighted by Crippen LogP contribution is 2.23. The molecule has 0 radical (unpaired) electrons. The highest BCUT2D eigenvalue weighted by atomic mass is 32.2. The molecule has 2 atom stereocenters. The van der Waals surface area contributed by atoms with Gasteiger partial charge in [-0.25, -0.2) is 0 Å². The summed E-state index contributed by atoms with van der Waals surface area (Å²) in [5, 5.41) is 8.65. The van der Waals surface area contributed by atoms with Gasteiger partial charge in [0.1, 0.15) is 0 Å². The van der Waals surface area contributed by atoms with E-state index in [0.717, 1.165) is 12.8 Å². The van der Waals surface area contributed by atoms with Crippen molar-refractivity contribution in [3.05, 3.63) is 0 Å². The maximum Gasteiger partial charge on any atom is 0.233 e. The predicted molar refractivity (Wildman–Crippen MR) is 64.0 cm³/mol. The molecule has 3 nitrogen and oxygen atoms in total. The number of nitrogens with zero attached hydrogens (tertiary/aromatic N) is 1. The van der Waals surface area contributed by atoms with Crippen LogP contribution >= 0.6 is 11.8 Å². The zero-order chi connectivity index (χ0) is 11.3. The minimum Gasteiger partial charge on any atom is -0.396 e. The van der Waals surface area contributed by atoms with Crippen molar-refractivity contribution in [1.82, 2.24) is 4.90 Å². The molecule has 0 aromatic carbocycles. The van der Waals surface area contributed by atoms with Crippen molar-refractivity contribution in [2.75, 3.05) is 18.1 Å². The number of carbonyl (C=O) groups is 1. The number of amides is 1. The Kier molecular flexibility index (Phi) is 5.47. The van der Waals surface area contributed by atoms with Gasteiger partial charge in [0, 0.05) is 17.8 Å². The summed E-state index contributed by atoms with van der Waals surface area (Å²) < 4.78 is 0. The van der Waals surface area contributed by atoms with Gasteiger partial charge in [-0.3, -0.25) is 4.79 Å². The third kappa shape index (κ3) is 3.68. The number of piperidine rings is 1. The Balaban J connectivity index is 2.41. The van der Waals surface area contributed by atoms with Crippen molar-refractivity contribution in [1.29, 1.82) is 0 Å². The van der Waals surface area contributed by atoms with E-state index in [9.17, 15) is 4.79 Å². The van der Waals surface area contributed by atoms with Crippen LogP contribution in [-0.4, -0.2) is 46.1 Å². The lowest BCUT2D eigenvalue weighted by molar-refractivity contribution is -0.134. The molecule has 1 aliphatic rings. The number of carbonyl (C=O) groups excluding carboxylic acids is 1. The molecular weight excluding hydrogens is 210 g/mol. The van der Waals surface area contributed by atoms with Crippen LogP contribution in [0.5, 0.6) is 0 Å². The van der Waals surface area contributed by atoms with E-state index >= 15 is 0 Å². The van der Waals surface area contributed by atoms with E-state index < -0.39 is 0 Å². The summed E-state index contributed by atoms with van der Waals surface area (Å²) in [6, 6.07) is 0.770. The lowest BCUT2D eigenvalue weighted by atomic mass is 9.98. The minimum atomic E-state index is 0.156. The van der Waals surface area contributed by atoms with E-state index in [2.05, 4.69) is 13.8 Å². The Bertz CT molecular complexity index is 201. The number of likely N-dealkylation sites (tertiary alicyclic amines) is 1. The second kappa shape index (κ2) is 6.38. The minimum absolute atomic E-state index is 0.156. The van der Waals surface area contributed by atoms with Crippen molar-refractivity contribution in [2.24, 2.45) is 0 Å². The van der Waals surface area contributed by atoms with Crippen LogP contribution in [-0.2, 0) is 4.79 Å². The molecule has 1 saturated heterocycles. The van der Waals surface area contributed by atoms with Gasteiger partial charge in [-0.2, -0.15) is 0 Å². The fourth-order valence-corrected chi connectivity index (χ4v) is 2.81. The molecule has 0 aromatic rings. The Morgan fingerprint density at radius 3 is 2.53 bits per heavy atom. The Morgan fingerprint density at radius 2 is 2.00 bits per heavy atom. The summed E-state index contributed by atoms with van der Waals surface area (Å²) in [5.74, 6) is 1.39. The molecule has 1 aliphatic heterocycles. The van der Waals surface area contributed by atoms with Gasteiger partial charge in [0.25, 0.3) is 0 Å². The van der Waals surface area contributed by atoms with Gasteiger partial charge >= 0.3 is 0 Å². The van der Waals surface area contributed by atoms with Gasteiger partial charge < -0.3 is 10.0 Å². The number of hydrogen-bond acceptors (Lipinski definition) is 3. The zero-order valence-electron chi connectivity index (χ0n) is 9.61. The van der Waals surface area contributed by atoms with Crippen molar-refractivity contribution in [2.45, 2.75) is 45.2 Å². The normalized spacial score (nSPS) is 26.7. The van der Waals surface area contributed by atoms with E-state index in [1.807, 2.05) is 4.90 Å². The standard InChI is InChI=1S/C11H21NO2S/c1-9-4-3-5-10(2)12(9)11(14)8-15-7-6-13/h9-10,13H,3-8H2,1-2H3. The monoisotopic (exact) mass is 231 g/mol. The molecule has 0 aromatic heterocycles. The van der Waals surface area contributed by atoms with Crippen LogP contribution in [0.15, 0.2) is 0 Å². The molecule has 0 saturated carbocycles. The van der Waals surface area contributed by atoms with Crippen molar-refractivity contribution in [3.63, 3.8) is 0 Å². The molecule has 2 unspecified atom stereocenters. The predicted octanol–water partition coefficient (Wildman–Crippen LogP) is 1.50. The van der Waals surface area contributed by atoms with Crippen molar-refractivity contribution in [3.8, 4) is 0 Å². The Labute approximate surface area is 96.2 Å². The van der Waals surface area contributed by atoms with Crippen LogP contribution in [0.25, 0.3) is 0 Å². The van der Waals surface area contributed by atoms with Crippen molar-refractivity contribution < 1.29 is 9.90 Å². The summed E-state index contributed by atoms with van der Waals surface area (Å²) >= 11 is 1.52. The molecule has 1 heterocycles. The molecule has 1 N–H and O–H groups in total. The fourth-order valence-electron chi connectivity index (χ4n) is 2.21. The molecule has 0 spiro atoms. The second-order valence-corrected chi connectivity index (χ2v) is 5.31. The lowest BCUT2D eigenvalue weighted by Crippen LogP contribution is -2.48. The highest BCUT2D eigenvalue weighted by Gasteiger charge is 2.28. The van der Waals surface area contributed by atoms with Gasteiger partial charge in [-0.1, -0.05) is 0 Å². The molecule has 0 aliphatic carbocycles. The quantitative estimate of drug-likeness (QED) is 0.745. The van der Waals surface area contributed by atoms with E-state index in [1.165, 1.54) is 18.2 Å². The summed E-state index contributed by atoms with van der Waals surface area (Å²) in [4.78, 5) is 13.9. The largest absolute Gasteiger partial charge is 0.396 e. The van der Waals surface area contributed by atoms with Gasteiger partial charge in [0.15, 0.2) is 0 Å². The van der Waals surface area contributed by atoms with Crippen molar-refractivity contribution >= 4 is 17.7 Å². The summed E-state index contributed by atoms with van der Waals surface area (Å²) in [5.41, 5.74) is 0. The van der Waals surface area contributed by atoms with Crippen LogP contribution in [0, 0.1) is 0 Å². The molecule has 88 valence electrons. The average molecular weight is 231 g/mol. The Hall–Kier alpha value is -0.220. The first-order valence-electron chi connectivity index (χ1n) is 5.66. The summed E-state index contributed by atoms with van der Waals surface area (Å²) in [6.07, 6.45) is 3.48. The van der Waals surface area contributed by atoms with E-state index in [0.29, 0.717) is 23.6 Å². The van der Waals surface area contributed by atoms with Gasteiger partial charge in [0.2, 0.25) is 5.91 Å². The van der Waals surface area contributed by atoms with E-state index in [-0.39, 0.29) is 12.5 Å². The third-order valence-electron chi connectivity index (χ3n) is 2.94. The molecule has 0 bridgehead atoms. The smallest absolute Gasteiger partial charge is 0.233 e. The molecule has 1 amide bonds. The van der Waals surface area contributed by atoms with Gasteiger partial charge in [0.05, 0.1) is 12.4 Å². The maximum atomic E-state index is 11.9. The van der Waals surface area contributed by atoms with Crippen LogP contribution < -0.4 is 0 Å². The van der Waals surface area contributed by atoms with Gasteiger partial charge in [-0.05, 0) is 33.1 Å². The van der Waals surface area contributed by atoms with Crippen LogP contribution in [0.1, 0.15) is 33.1 Å². The maximum absolute atomic E-state index is 11.9. The lowest BCUT2D eigenvalue weighted by Gasteiger charge is -2.39. The van der Waals surface area contributed by atoms with E-state index in [4.69, 9.17) is 5.11 Å². The summed E-state index contributed by atoms with van der Waals surface area (Å²) in [7, 11) is 0. The number of aliphatic hydroxyl groups excluding tert-OH is 1. The number of aliphatic hydroxyl groups is 1. The first-order valence-corrected chi connectivity index (χ1v) is 6.82. The van der Waals surface area contributed by atoms with Crippen LogP contribution in [0.3, 0.4) is 0 Å². The fraction of sp³-hybridized carbons (Fsp3) is 0.909. The Morgan fingerprint density at radius 1 is 1.40 bits per heavy atom. The third-order valence-corrected chi connectivity index (χ3v) is 3.87. The molecule has 15 heavy (non-hydrogen) atoms. The van der Waals surface area contributed by atoms with Gasteiger partial charge in [-0.15, -0.1) is 11.8 Å². The molecular formula is C11H21NO2S. The number of thioether (sulfide) groups is 1. The average Bonchev–Trinajstić information content (AvgIpc) is 2.18. The molecule has 1 rings (SSSR count). The van der Waals surface area contributed by atoms with Crippen LogP contribution in [0.4, 0.5) is 0 Å². The summed E-state index contributed by atoms with van der Waals surface area (Å²) in [6.45, 7) is 4.41. The SMILES string of the molecule is CC1CCCC(C)N1C(=O)CSCCO. The highest BCUT2D eigenvalue weighted by molar-refractivity contribution is 7.99. The van der Waals surface area contributed by atoms with Crippen LogP contribution in [0.2, 0.25) is 0 Å². The zero-order valence-corrected chi connectivity index (χ0v) is 10.4. The molecule has 1 fully saturated rings. The van der Waals surface area contributed by atoms with E-state index in [1.54, 1.807) is 0 Å². The number of rotatable bonds is 4. The number of hydrogen-bond donors (Lipinski definition) is 1. The first kappa shape index (κ1) is 12.8. The first-order chi connectivity index (χ1) is 7.16. The molecule has 4 heteroatoms.